The molecule has 68 valence electrons. The van der Waals surface area contributed by atoms with E-state index in [0.29, 0.717) is 5.13 Å². The number of nitrogens with zero attached hydrogens (tertiary/aromatic N) is 1. The Morgan fingerprint density at radius 1 is 1.54 bits per heavy atom. The molecule has 0 unspecified atom stereocenters. The van der Waals surface area contributed by atoms with Gasteiger partial charge in [0.25, 0.3) is 0 Å². The van der Waals surface area contributed by atoms with Crippen LogP contribution in [0.5, 0.6) is 0 Å². The fraction of sp³-hybridized carbons (Fsp3) is 0.222. The molecule has 2 N–H and O–H groups in total. The number of halogens is 1. The Hall–Kier alpha value is -0.360. The molecule has 13 heavy (non-hydrogen) atoms. The van der Waals surface area contributed by atoms with Crippen molar-refractivity contribution in [1.29, 1.82) is 0 Å². The van der Waals surface area contributed by atoms with Gasteiger partial charge in [0.15, 0.2) is 5.13 Å². The summed E-state index contributed by atoms with van der Waals surface area (Å²) in [6.45, 7) is 2.14. The molecule has 2 rings (SSSR count). The van der Waals surface area contributed by atoms with E-state index in [4.69, 9.17) is 5.73 Å². The largest absolute Gasteiger partial charge is 0.375 e. The highest BCUT2D eigenvalue weighted by Gasteiger charge is 2.06. The minimum absolute atomic E-state index is 0.659. The van der Waals surface area contributed by atoms with Gasteiger partial charge in [-0.3, -0.25) is 0 Å². The van der Waals surface area contributed by atoms with Crippen molar-refractivity contribution in [3.63, 3.8) is 0 Å². The normalized spacial score (nSPS) is 10.9. The second kappa shape index (κ2) is 3.42. The average Bonchev–Trinajstić information content (AvgIpc) is 2.43. The van der Waals surface area contributed by atoms with Crippen molar-refractivity contribution in [1.82, 2.24) is 4.98 Å². The summed E-state index contributed by atoms with van der Waals surface area (Å²) < 4.78 is 2.45. The summed E-state index contributed by atoms with van der Waals surface area (Å²) in [5.41, 5.74) is 8.03. The summed E-state index contributed by atoms with van der Waals surface area (Å²) in [4.78, 5) is 4.32. The van der Waals surface area contributed by atoms with E-state index >= 15 is 0 Å². The molecule has 0 saturated carbocycles. The van der Waals surface area contributed by atoms with E-state index in [1.807, 2.05) is 0 Å². The van der Waals surface area contributed by atoms with Crippen LogP contribution in [0, 0.1) is 3.57 Å². The Kier molecular flexibility index (Phi) is 2.42. The summed E-state index contributed by atoms with van der Waals surface area (Å²) >= 11 is 3.88. The van der Waals surface area contributed by atoms with Crippen molar-refractivity contribution in [2.75, 3.05) is 5.73 Å². The molecule has 0 aliphatic rings. The molecule has 0 atom stereocenters. The third-order valence-corrected chi connectivity index (χ3v) is 3.39. The van der Waals surface area contributed by atoms with Crippen LogP contribution in [0.1, 0.15) is 12.5 Å². The number of hydrogen-bond acceptors (Lipinski definition) is 3. The van der Waals surface area contributed by atoms with Gasteiger partial charge in [0.1, 0.15) is 0 Å². The van der Waals surface area contributed by atoms with Crippen molar-refractivity contribution in [2.24, 2.45) is 0 Å². The average molecular weight is 304 g/mol. The number of thiazole rings is 1. The van der Waals surface area contributed by atoms with Crippen LogP contribution in [0.15, 0.2) is 12.1 Å². The van der Waals surface area contributed by atoms with Crippen LogP contribution in [0.25, 0.3) is 10.2 Å². The standard InChI is InChI=1S/C9H9IN2S/c1-2-5-3-6(10)4-7-8(5)12-9(11)13-7/h3-4H,2H2,1H3,(H2,11,12). The van der Waals surface area contributed by atoms with Gasteiger partial charge in [-0.25, -0.2) is 4.98 Å². The van der Waals surface area contributed by atoms with Gasteiger partial charge >= 0.3 is 0 Å². The molecule has 1 aromatic heterocycles. The number of hydrogen-bond donors (Lipinski definition) is 1. The molecule has 0 spiro atoms. The summed E-state index contributed by atoms with van der Waals surface area (Å²) in [5, 5.41) is 0.659. The maximum atomic E-state index is 5.67. The van der Waals surface area contributed by atoms with Crippen molar-refractivity contribution < 1.29 is 0 Å². The molecule has 0 aliphatic heterocycles. The molecular weight excluding hydrogens is 295 g/mol. The van der Waals surface area contributed by atoms with Crippen molar-refractivity contribution >= 4 is 49.3 Å². The zero-order valence-electron chi connectivity index (χ0n) is 7.17. The van der Waals surface area contributed by atoms with E-state index in [1.165, 1.54) is 13.8 Å². The smallest absolute Gasteiger partial charge is 0.181 e. The Balaban J connectivity index is 2.80. The monoisotopic (exact) mass is 304 g/mol. The molecule has 2 aromatic rings. The predicted octanol–water partition coefficient (Wildman–Crippen LogP) is 3.05. The molecule has 1 heterocycles. The Bertz CT molecular complexity index is 450. The first-order chi connectivity index (χ1) is 6.20. The third-order valence-electron chi connectivity index (χ3n) is 1.94. The van der Waals surface area contributed by atoms with E-state index < -0.39 is 0 Å². The highest BCUT2D eigenvalue weighted by molar-refractivity contribution is 14.1. The number of rotatable bonds is 1. The summed E-state index contributed by atoms with van der Waals surface area (Å²) in [5.74, 6) is 0. The van der Waals surface area contributed by atoms with E-state index in [0.717, 1.165) is 11.9 Å². The third kappa shape index (κ3) is 1.65. The minimum atomic E-state index is 0.659. The number of aromatic nitrogens is 1. The van der Waals surface area contributed by atoms with Gasteiger partial charge in [-0.15, -0.1) is 0 Å². The second-order valence-electron chi connectivity index (χ2n) is 2.82. The number of benzene rings is 1. The molecule has 0 amide bonds. The van der Waals surface area contributed by atoms with E-state index in [2.05, 4.69) is 46.6 Å². The van der Waals surface area contributed by atoms with Gasteiger partial charge in [-0.2, -0.15) is 0 Å². The van der Waals surface area contributed by atoms with Crippen LogP contribution >= 0.6 is 33.9 Å². The van der Waals surface area contributed by atoms with Crippen LogP contribution in [0.3, 0.4) is 0 Å². The van der Waals surface area contributed by atoms with E-state index in [1.54, 1.807) is 11.3 Å². The van der Waals surface area contributed by atoms with E-state index in [-0.39, 0.29) is 0 Å². The molecule has 0 aliphatic carbocycles. The quantitative estimate of drug-likeness (QED) is 0.823. The van der Waals surface area contributed by atoms with Gasteiger partial charge in [-0.05, 0) is 46.7 Å². The first-order valence-electron chi connectivity index (χ1n) is 4.05. The summed E-state index contributed by atoms with van der Waals surface area (Å²) in [6, 6.07) is 4.30. The maximum absolute atomic E-state index is 5.67. The van der Waals surface area contributed by atoms with Crippen LogP contribution in [-0.2, 0) is 6.42 Å². The van der Waals surface area contributed by atoms with Crippen LogP contribution < -0.4 is 5.73 Å². The van der Waals surface area contributed by atoms with Gasteiger partial charge in [-0.1, -0.05) is 18.3 Å². The fourth-order valence-electron chi connectivity index (χ4n) is 1.35. The number of nitrogen functional groups attached to an aromatic ring is 1. The molecular formula is C9H9IN2S. The Labute approximate surface area is 94.3 Å². The van der Waals surface area contributed by atoms with Crippen molar-refractivity contribution in [3.8, 4) is 0 Å². The molecule has 2 nitrogen and oxygen atoms in total. The van der Waals surface area contributed by atoms with E-state index in [9.17, 15) is 0 Å². The lowest BCUT2D eigenvalue weighted by molar-refractivity contribution is 1.15. The molecule has 0 radical (unpaired) electrons. The summed E-state index contributed by atoms with van der Waals surface area (Å²) in [6.07, 6.45) is 1.01. The molecule has 0 bridgehead atoms. The lowest BCUT2D eigenvalue weighted by Crippen LogP contribution is -1.85. The van der Waals surface area contributed by atoms with Gasteiger partial charge in [0.05, 0.1) is 10.2 Å². The molecule has 1 aromatic carbocycles. The number of nitrogens with two attached hydrogens (primary N) is 1. The van der Waals surface area contributed by atoms with Gasteiger partial charge in [0, 0.05) is 3.57 Å². The van der Waals surface area contributed by atoms with Crippen LogP contribution in [-0.4, -0.2) is 4.98 Å². The zero-order chi connectivity index (χ0) is 9.42. The number of anilines is 1. The SMILES string of the molecule is CCc1cc(I)cc2sc(N)nc12. The molecule has 4 heteroatoms. The van der Waals surface area contributed by atoms with Crippen LogP contribution in [0.2, 0.25) is 0 Å². The highest BCUT2D eigenvalue weighted by Crippen LogP contribution is 2.28. The second-order valence-corrected chi connectivity index (χ2v) is 5.13. The minimum Gasteiger partial charge on any atom is -0.375 e. The fourth-order valence-corrected chi connectivity index (χ4v) is 3.07. The van der Waals surface area contributed by atoms with Crippen molar-refractivity contribution in [3.05, 3.63) is 21.3 Å². The van der Waals surface area contributed by atoms with Crippen molar-refractivity contribution in [2.45, 2.75) is 13.3 Å². The first kappa shape index (κ1) is 9.21. The maximum Gasteiger partial charge on any atom is 0.181 e. The molecule has 0 fully saturated rings. The first-order valence-corrected chi connectivity index (χ1v) is 5.94. The molecule has 0 saturated heterocycles. The number of aryl methyl sites for hydroxylation is 1. The Morgan fingerprint density at radius 2 is 2.31 bits per heavy atom. The van der Waals surface area contributed by atoms with Crippen LogP contribution in [0.4, 0.5) is 5.13 Å². The van der Waals surface area contributed by atoms with Gasteiger partial charge < -0.3 is 5.73 Å². The predicted molar refractivity (Wildman–Crippen MR) is 66.1 cm³/mol. The lowest BCUT2D eigenvalue weighted by atomic mass is 10.1. The Morgan fingerprint density at radius 3 is 3.00 bits per heavy atom. The highest BCUT2D eigenvalue weighted by atomic mass is 127. The zero-order valence-corrected chi connectivity index (χ0v) is 10.1. The topological polar surface area (TPSA) is 38.9 Å². The lowest BCUT2D eigenvalue weighted by Gasteiger charge is -1.98. The van der Waals surface area contributed by atoms with Gasteiger partial charge in [0.2, 0.25) is 0 Å². The summed E-state index contributed by atoms with van der Waals surface area (Å²) in [7, 11) is 0. The number of fused-ring (bicyclic) bond motifs is 1.